The van der Waals surface area contributed by atoms with Gasteiger partial charge in [0.2, 0.25) is 0 Å². The molecule has 0 radical (unpaired) electrons. The number of aliphatic carboxylic acids is 1. The van der Waals surface area contributed by atoms with Gasteiger partial charge in [-0.25, -0.2) is 14.0 Å². The smallest absolute Gasteiger partial charge is 0.411 e. The van der Waals surface area contributed by atoms with Crippen LogP contribution in [0.2, 0.25) is 0 Å². The van der Waals surface area contributed by atoms with E-state index in [1.165, 1.54) is 6.92 Å². The van der Waals surface area contributed by atoms with E-state index >= 15 is 0 Å². The van der Waals surface area contributed by atoms with Crippen molar-refractivity contribution in [1.82, 2.24) is 4.90 Å². The molecule has 1 fully saturated rings. The van der Waals surface area contributed by atoms with E-state index < -0.39 is 45.7 Å². The van der Waals surface area contributed by atoms with Gasteiger partial charge in [-0.3, -0.25) is 15.0 Å². The van der Waals surface area contributed by atoms with Crippen LogP contribution in [-0.4, -0.2) is 50.8 Å². The van der Waals surface area contributed by atoms with Crippen LogP contribution in [0.25, 0.3) is 0 Å². The number of hydrogen-bond acceptors (Lipinski definition) is 6. The molecule has 1 N–H and O–H groups in total. The van der Waals surface area contributed by atoms with Crippen molar-refractivity contribution in [2.45, 2.75) is 51.4 Å². The van der Waals surface area contributed by atoms with Crippen LogP contribution < -0.4 is 4.74 Å². The third-order valence-electron chi connectivity index (χ3n) is 4.09. The Bertz CT molecular complexity index is 777. The summed E-state index contributed by atoms with van der Waals surface area (Å²) in [5, 5.41) is 20.7. The molecule has 0 spiro atoms. The predicted molar refractivity (Wildman–Crippen MR) is 91.1 cm³/mol. The molecule has 1 aliphatic heterocycles. The van der Waals surface area contributed by atoms with Crippen LogP contribution in [0.4, 0.5) is 14.9 Å². The van der Waals surface area contributed by atoms with Crippen LogP contribution in [0, 0.1) is 15.9 Å². The Morgan fingerprint density at radius 1 is 1.41 bits per heavy atom. The zero-order valence-corrected chi connectivity index (χ0v) is 15.4. The van der Waals surface area contributed by atoms with Gasteiger partial charge < -0.3 is 14.6 Å². The molecular formula is C17H21FN2O7. The average Bonchev–Trinajstić information content (AvgIpc) is 2.83. The van der Waals surface area contributed by atoms with Crippen molar-refractivity contribution < 1.29 is 33.5 Å². The molecule has 148 valence electrons. The quantitative estimate of drug-likeness (QED) is 0.626. The average molecular weight is 384 g/mol. The molecular weight excluding hydrogens is 363 g/mol. The molecule has 1 aromatic rings. The summed E-state index contributed by atoms with van der Waals surface area (Å²) < 4.78 is 24.2. The number of nitro benzene ring substituents is 1. The summed E-state index contributed by atoms with van der Waals surface area (Å²) in [5.74, 6) is -2.34. The number of nitro groups is 1. The van der Waals surface area contributed by atoms with E-state index in [2.05, 4.69) is 0 Å². The number of ether oxygens (including phenoxy) is 2. The second kappa shape index (κ2) is 7.01. The van der Waals surface area contributed by atoms with Gasteiger partial charge in [-0.15, -0.1) is 0 Å². The normalized spacial score (nSPS) is 22.4. The van der Waals surface area contributed by atoms with Gasteiger partial charge in [-0.2, -0.15) is 0 Å². The summed E-state index contributed by atoms with van der Waals surface area (Å²) in [6.07, 6.45) is -1.87. The number of carboxylic acids is 1. The van der Waals surface area contributed by atoms with Gasteiger partial charge >= 0.3 is 17.7 Å². The number of benzene rings is 1. The van der Waals surface area contributed by atoms with Crippen LogP contribution >= 0.6 is 0 Å². The number of amides is 1. The number of rotatable bonds is 4. The van der Waals surface area contributed by atoms with Crippen molar-refractivity contribution in [2.24, 2.45) is 0 Å². The minimum absolute atomic E-state index is 0.144. The Hall–Kier alpha value is -2.91. The van der Waals surface area contributed by atoms with Crippen molar-refractivity contribution in [3.05, 3.63) is 34.1 Å². The monoisotopic (exact) mass is 384 g/mol. The first-order chi connectivity index (χ1) is 12.3. The van der Waals surface area contributed by atoms with Crippen molar-refractivity contribution in [3.8, 4) is 5.75 Å². The van der Waals surface area contributed by atoms with Crippen LogP contribution in [0.1, 0.15) is 34.1 Å². The van der Waals surface area contributed by atoms with Gasteiger partial charge in [0.1, 0.15) is 23.1 Å². The van der Waals surface area contributed by atoms with Crippen LogP contribution in [0.5, 0.6) is 5.75 Å². The molecule has 10 heteroatoms. The number of halogens is 1. The minimum atomic E-state index is -1.63. The SMILES string of the molecule is CC(C)(C)OC(=O)N1CC(Oc2cc(F)ccc2[N+](=O)[O-])CC1(C)C(=O)O. The molecule has 1 saturated heterocycles. The maximum atomic E-state index is 13.5. The molecule has 9 nitrogen and oxygen atoms in total. The van der Waals surface area contributed by atoms with E-state index in [9.17, 15) is 29.2 Å². The molecule has 1 heterocycles. The number of likely N-dealkylation sites (tertiary alicyclic amines) is 1. The van der Waals surface area contributed by atoms with E-state index in [1.54, 1.807) is 20.8 Å². The van der Waals surface area contributed by atoms with Crippen molar-refractivity contribution in [1.29, 1.82) is 0 Å². The molecule has 1 aromatic carbocycles. The van der Waals surface area contributed by atoms with Crippen molar-refractivity contribution in [3.63, 3.8) is 0 Å². The maximum absolute atomic E-state index is 13.5. The molecule has 1 aliphatic rings. The van der Waals surface area contributed by atoms with Crippen LogP contribution in [-0.2, 0) is 9.53 Å². The molecule has 2 atom stereocenters. The Morgan fingerprint density at radius 2 is 2.04 bits per heavy atom. The number of carboxylic acid groups (broad SMARTS) is 1. The highest BCUT2D eigenvalue weighted by Crippen LogP contribution is 2.36. The van der Waals surface area contributed by atoms with Gasteiger partial charge in [0.05, 0.1) is 11.5 Å². The molecule has 1 amide bonds. The van der Waals surface area contributed by atoms with Crippen molar-refractivity contribution in [2.75, 3.05) is 6.54 Å². The summed E-state index contributed by atoms with van der Waals surface area (Å²) in [4.78, 5) is 35.6. The van der Waals surface area contributed by atoms with Gasteiger partial charge in [0, 0.05) is 18.6 Å². The standard InChI is InChI=1S/C17H21FN2O7/c1-16(2,3)27-15(23)19-9-11(8-17(19,4)14(21)22)26-13-7-10(18)5-6-12(13)20(24)25/h5-7,11H,8-9H2,1-4H3,(H,21,22). The summed E-state index contributed by atoms with van der Waals surface area (Å²) in [6.45, 7) is 6.09. The van der Waals surface area contributed by atoms with E-state index in [4.69, 9.17) is 9.47 Å². The first-order valence-electron chi connectivity index (χ1n) is 8.18. The number of nitrogens with zero attached hydrogens (tertiary/aromatic N) is 2. The Labute approximate surface area is 154 Å². The van der Waals surface area contributed by atoms with Crippen LogP contribution in [0.15, 0.2) is 18.2 Å². The molecule has 27 heavy (non-hydrogen) atoms. The minimum Gasteiger partial charge on any atom is -0.481 e. The lowest BCUT2D eigenvalue weighted by Gasteiger charge is -2.32. The Balaban J connectivity index is 2.29. The first-order valence-corrected chi connectivity index (χ1v) is 8.18. The van der Waals surface area contributed by atoms with E-state index in [1.807, 2.05) is 0 Å². The van der Waals surface area contributed by atoms with Gasteiger partial charge in [0.25, 0.3) is 0 Å². The van der Waals surface area contributed by atoms with E-state index in [0.717, 1.165) is 23.1 Å². The highest BCUT2D eigenvalue weighted by molar-refractivity contribution is 5.85. The van der Waals surface area contributed by atoms with E-state index in [0.29, 0.717) is 0 Å². The molecule has 0 aliphatic carbocycles. The molecule has 0 saturated carbocycles. The highest BCUT2D eigenvalue weighted by atomic mass is 19.1. The third kappa shape index (κ3) is 4.44. The Kier molecular flexibility index (Phi) is 5.30. The summed E-state index contributed by atoms with van der Waals surface area (Å²) >= 11 is 0. The lowest BCUT2D eigenvalue weighted by Crippen LogP contribution is -2.52. The largest absolute Gasteiger partial charge is 0.481 e. The highest BCUT2D eigenvalue weighted by Gasteiger charge is 2.52. The zero-order chi connectivity index (χ0) is 20.6. The lowest BCUT2D eigenvalue weighted by molar-refractivity contribution is -0.386. The lowest BCUT2D eigenvalue weighted by atomic mass is 9.98. The summed E-state index contributed by atoms with van der Waals surface area (Å²) in [7, 11) is 0. The van der Waals surface area contributed by atoms with Gasteiger partial charge in [0.15, 0.2) is 5.75 Å². The van der Waals surface area contributed by atoms with Gasteiger partial charge in [-0.05, 0) is 33.8 Å². The number of carbonyl (C=O) groups is 2. The topological polar surface area (TPSA) is 119 Å². The number of carbonyl (C=O) groups excluding carboxylic acids is 1. The third-order valence-corrected chi connectivity index (χ3v) is 4.09. The summed E-state index contributed by atoms with van der Waals surface area (Å²) in [6, 6.07) is 2.74. The molecule has 0 aromatic heterocycles. The first kappa shape index (κ1) is 20.4. The van der Waals surface area contributed by atoms with E-state index in [-0.39, 0.29) is 18.7 Å². The molecule has 2 unspecified atom stereocenters. The molecule has 0 bridgehead atoms. The zero-order valence-electron chi connectivity index (χ0n) is 15.4. The predicted octanol–water partition coefficient (Wildman–Crippen LogP) is 2.97. The fourth-order valence-corrected chi connectivity index (χ4v) is 2.81. The fraction of sp³-hybridized carbons (Fsp3) is 0.529. The van der Waals surface area contributed by atoms with Crippen LogP contribution in [0.3, 0.4) is 0 Å². The molecule has 2 rings (SSSR count). The van der Waals surface area contributed by atoms with Gasteiger partial charge in [-0.1, -0.05) is 0 Å². The second-order valence-corrected chi connectivity index (χ2v) is 7.48. The maximum Gasteiger partial charge on any atom is 0.411 e. The van der Waals surface area contributed by atoms with Crippen molar-refractivity contribution >= 4 is 17.7 Å². The second-order valence-electron chi connectivity index (χ2n) is 7.48. The summed E-state index contributed by atoms with van der Waals surface area (Å²) in [5.41, 5.74) is -2.92. The number of hydrogen-bond donors (Lipinski definition) is 1. The fourth-order valence-electron chi connectivity index (χ4n) is 2.81. The Morgan fingerprint density at radius 3 is 2.56 bits per heavy atom.